The van der Waals surface area contributed by atoms with E-state index in [0.717, 1.165) is 162 Å². The normalized spacial score (nSPS) is 11.0. The van der Waals surface area contributed by atoms with Crippen molar-refractivity contribution in [3.8, 4) is 55.6 Å². The molecule has 0 atom stereocenters. The van der Waals surface area contributed by atoms with Gasteiger partial charge in [0.05, 0.1) is 60.1 Å². The molecule has 0 aliphatic heterocycles. The SMILES string of the molecule is CNC(=O)Nc1ccc(-c2ccc3nccc(Nc4ccc(F)c(Cl)c4)c3c2)cc1.CS(=O)(=O)Nc1cccc(-c2ccc3nccc(Nc4ccc(F)c(Cl)c4)c3c2)c1.Clc1cccc(Nc2ccnc3ccc(-c4cn[nH]c4)cc23)c1.Fc1ccc(Nc2ccnc3ccc(-c4cnc5[nH]ccc5c4)cc23)cc1Cl.Nc1ncc(-c2ccc3nccc(Nc4ccc(F)c(Cl)c4)c3c2)cn1. The van der Waals surface area contributed by atoms with Crippen molar-refractivity contribution in [1.82, 2.24) is 60.4 Å². The molecule has 12 N–H and O–H groups in total. The number of nitrogen functional groups attached to an aromatic ring is 1. The summed E-state index contributed by atoms with van der Waals surface area (Å²) < 4.78 is 79.3. The van der Waals surface area contributed by atoms with Crippen LogP contribution >= 0.6 is 58.0 Å². The van der Waals surface area contributed by atoms with E-state index in [4.69, 9.17) is 63.7 Å². The molecule has 33 heteroatoms. The number of sulfonamides is 1. The number of anilines is 13. The number of halogens is 9. The monoisotopic (exact) mass is 1930 g/mol. The second-order valence-corrected chi connectivity index (χ2v) is 34.6. The van der Waals surface area contributed by atoms with Crippen LogP contribution in [0, 0.1) is 23.3 Å². The van der Waals surface area contributed by atoms with E-state index in [9.17, 15) is 30.8 Å². The van der Waals surface area contributed by atoms with E-state index in [2.05, 4.69) is 115 Å². The van der Waals surface area contributed by atoms with Gasteiger partial charge in [0.2, 0.25) is 16.0 Å². The van der Waals surface area contributed by atoms with Gasteiger partial charge in [0.1, 0.15) is 28.9 Å². The fourth-order valence-electron chi connectivity index (χ4n) is 14.7. The number of nitrogens with zero attached hydrogens (tertiary/aromatic N) is 9. The minimum absolute atomic E-state index is 0.0363. The number of aromatic nitrogens is 11. The van der Waals surface area contributed by atoms with Crippen molar-refractivity contribution in [3.63, 3.8) is 0 Å². The molecule has 21 rings (SSSR count). The van der Waals surface area contributed by atoms with Crippen LogP contribution in [-0.2, 0) is 10.0 Å². The number of carbonyl (C=O) groups excluding carboxylic acids is 1. The number of rotatable bonds is 18. The fraction of sp³-hybridized carbons (Fsp3) is 0.0192. The van der Waals surface area contributed by atoms with Crippen LogP contribution in [0.5, 0.6) is 0 Å². The highest BCUT2D eigenvalue weighted by atomic mass is 35.5. The van der Waals surface area contributed by atoms with Crippen LogP contribution in [0.15, 0.2) is 347 Å². The number of hydrogen-bond donors (Lipinski definition) is 11. The molecule has 0 saturated carbocycles. The predicted octanol–water partition coefficient (Wildman–Crippen LogP) is 28.1. The Morgan fingerprint density at radius 3 is 1.09 bits per heavy atom. The molecular weight excluding hydrogens is 1860 g/mol. The predicted molar refractivity (Wildman–Crippen MR) is 548 cm³/mol. The topological polar surface area (TPSA) is 321 Å². The van der Waals surface area contributed by atoms with Crippen molar-refractivity contribution >= 4 is 214 Å². The minimum atomic E-state index is -3.37. The summed E-state index contributed by atoms with van der Waals surface area (Å²) in [5.74, 6) is -1.61. The minimum Gasteiger partial charge on any atom is -0.368 e. The summed E-state index contributed by atoms with van der Waals surface area (Å²) in [7, 11) is -1.80. The average Bonchev–Trinajstić information content (AvgIpc) is 1.76. The van der Waals surface area contributed by atoms with Gasteiger partial charge in [-0.25, -0.2) is 45.7 Å². The average molecular weight is 1940 g/mol. The van der Waals surface area contributed by atoms with Crippen molar-refractivity contribution in [3.05, 3.63) is 396 Å². The van der Waals surface area contributed by atoms with Gasteiger partial charge in [0.15, 0.2) is 0 Å². The van der Waals surface area contributed by atoms with Crippen LogP contribution in [0.2, 0.25) is 25.1 Å². The van der Waals surface area contributed by atoms with Gasteiger partial charge in [-0.1, -0.05) is 119 Å². The maximum absolute atomic E-state index is 13.5. The number of aromatic amines is 2. The fourth-order valence-corrected chi connectivity index (χ4v) is 16.2. The Morgan fingerprint density at radius 1 is 0.343 bits per heavy atom. The lowest BCUT2D eigenvalue weighted by molar-refractivity contribution is 0.254. The van der Waals surface area contributed by atoms with Crippen molar-refractivity contribution in [2.24, 2.45) is 0 Å². The Morgan fingerprint density at radius 2 is 0.701 bits per heavy atom. The molecule has 137 heavy (non-hydrogen) atoms. The quantitative estimate of drug-likeness (QED) is 0.0356. The number of nitrogens with two attached hydrogens (primary N) is 1. The van der Waals surface area contributed by atoms with Crippen LogP contribution in [-0.4, -0.2) is 82.8 Å². The first kappa shape index (κ1) is 92.5. The van der Waals surface area contributed by atoms with Crippen molar-refractivity contribution in [1.29, 1.82) is 0 Å². The molecule has 0 saturated heterocycles. The molecule has 23 nitrogen and oxygen atoms in total. The van der Waals surface area contributed by atoms with Crippen molar-refractivity contribution < 1.29 is 30.8 Å². The molecule has 9 heterocycles. The molecule has 0 bridgehead atoms. The third-order valence-corrected chi connectivity index (χ3v) is 23.4. The number of carbonyl (C=O) groups is 1. The van der Waals surface area contributed by atoms with Crippen LogP contribution < -0.4 is 47.7 Å². The Hall–Kier alpha value is -16.3. The van der Waals surface area contributed by atoms with Crippen molar-refractivity contribution in [2.75, 3.05) is 55.7 Å². The zero-order chi connectivity index (χ0) is 95.2. The number of H-pyrrole nitrogens is 2. The summed E-state index contributed by atoms with van der Waals surface area (Å²) in [5.41, 5.74) is 29.5. The van der Waals surface area contributed by atoms with Crippen LogP contribution in [0.1, 0.15) is 0 Å². The Bertz CT molecular complexity index is 8190. The Kier molecular flexibility index (Phi) is 28.3. The van der Waals surface area contributed by atoms with Crippen LogP contribution in [0.25, 0.3) is 121 Å². The number of fused-ring (bicyclic) bond motifs is 6. The molecule has 0 spiro atoms. The molecule has 2 amide bonds. The largest absolute Gasteiger partial charge is 0.368 e. The van der Waals surface area contributed by atoms with E-state index >= 15 is 0 Å². The molecule has 9 aromatic heterocycles. The first-order chi connectivity index (χ1) is 66.4. The number of nitrogens with one attached hydrogen (secondary N) is 10. The third-order valence-electron chi connectivity index (χ3n) is 21.4. The molecule has 12 aromatic carbocycles. The number of pyridine rings is 6. The smallest absolute Gasteiger partial charge is 0.318 e. The van der Waals surface area contributed by atoms with E-state index < -0.39 is 33.3 Å². The second-order valence-electron chi connectivity index (χ2n) is 30.8. The zero-order valence-corrected chi connectivity index (χ0v) is 76.6. The molecular formula is C104H75Cl5F4N20O3S. The number of urea groups is 1. The maximum Gasteiger partial charge on any atom is 0.318 e. The van der Waals surface area contributed by atoms with Gasteiger partial charge in [-0.2, -0.15) is 5.10 Å². The van der Waals surface area contributed by atoms with Gasteiger partial charge < -0.3 is 47.9 Å². The summed E-state index contributed by atoms with van der Waals surface area (Å²) in [6.45, 7) is 0. The summed E-state index contributed by atoms with van der Waals surface area (Å²) in [6.07, 6.45) is 20.5. The lowest BCUT2D eigenvalue weighted by Crippen LogP contribution is -2.24. The van der Waals surface area contributed by atoms with Gasteiger partial charge in [-0.05, 0) is 257 Å². The van der Waals surface area contributed by atoms with Gasteiger partial charge in [-0.3, -0.25) is 34.7 Å². The van der Waals surface area contributed by atoms with Gasteiger partial charge >= 0.3 is 6.03 Å². The highest BCUT2D eigenvalue weighted by molar-refractivity contribution is 7.92. The van der Waals surface area contributed by atoms with Gasteiger partial charge in [0.25, 0.3) is 0 Å². The second kappa shape index (κ2) is 41.8. The van der Waals surface area contributed by atoms with E-state index in [1.165, 1.54) is 30.3 Å². The number of hydrogen-bond acceptors (Lipinski definition) is 18. The number of amides is 2. The van der Waals surface area contributed by atoms with Crippen molar-refractivity contribution in [2.45, 2.75) is 0 Å². The van der Waals surface area contributed by atoms with E-state index in [1.807, 2.05) is 195 Å². The summed E-state index contributed by atoms with van der Waals surface area (Å²) >= 11 is 29.6. The standard InChI is InChI=1S/C23H18ClFN4O.C22H14ClFN4.C22H17ClFN3O2S.C19H13ClFN5.C18H13ClN4/c1-26-23(30)29-16-5-2-14(3-6-16)15-4-9-21-18(12-15)22(10-11-27-21)28-17-7-8-20(25)19(24)13-17;23-18-11-16(2-3-19(18)24)28-21-6-8-25-20-4-1-13(10-17(20)21)15-9-14-5-7-26-22(14)27-12-15;1-30(28,29)27-17-4-2-3-14(11-17)15-5-8-21-18(12-15)22(9-10-25-21)26-16-6-7-20(24)19(23)13-16;20-15-8-13(2-3-16(15)21)26-18-5-6-23-17-4-1-11(7-14(17)18)12-9-24-19(22)25-10-12;19-14-2-1-3-15(9-14)23-18-6-7-20-17-5-4-12(8-16(17)18)13-10-21-22-11-13/h2-13H,1H3,(H,27,28)(H2,26,29,30);1-12H,(H,25,28)(H,26,27);2-13,27H,1H3,(H,25,26);1-10H,(H,23,26)(H2,22,24,25);1-11H,(H,20,23)(H,21,22). The first-order valence-corrected chi connectivity index (χ1v) is 45.7. The lowest BCUT2D eigenvalue weighted by atomic mass is 10.0. The van der Waals surface area contributed by atoms with E-state index in [0.29, 0.717) is 39.1 Å². The van der Waals surface area contributed by atoms with E-state index in [1.54, 1.807) is 111 Å². The lowest BCUT2D eigenvalue weighted by Gasteiger charge is -2.12. The summed E-state index contributed by atoms with van der Waals surface area (Å²) in [6, 6.07) is 83.5. The van der Waals surface area contributed by atoms with E-state index in [-0.39, 0.29) is 32.1 Å². The van der Waals surface area contributed by atoms with Gasteiger partial charge in [0, 0.05) is 191 Å². The Labute approximate surface area is 806 Å². The maximum atomic E-state index is 13.5. The molecule has 21 aromatic rings. The summed E-state index contributed by atoms with van der Waals surface area (Å²) in [5, 5.41) is 35.3. The molecule has 0 unspecified atom stereocenters. The molecule has 0 radical (unpaired) electrons. The molecule has 0 fully saturated rings. The summed E-state index contributed by atoms with van der Waals surface area (Å²) in [4.78, 5) is 49.2. The van der Waals surface area contributed by atoms with Crippen LogP contribution in [0.3, 0.4) is 0 Å². The molecule has 678 valence electrons. The highest BCUT2D eigenvalue weighted by Gasteiger charge is 2.17. The third kappa shape index (κ3) is 23.1. The molecule has 0 aliphatic rings. The Balaban J connectivity index is 0.000000119. The number of benzene rings is 12. The van der Waals surface area contributed by atoms with Crippen LogP contribution in [0.4, 0.5) is 96.6 Å². The highest BCUT2D eigenvalue weighted by Crippen LogP contribution is 2.39. The first-order valence-electron chi connectivity index (χ1n) is 41.9. The molecule has 0 aliphatic carbocycles. The van der Waals surface area contributed by atoms with Gasteiger partial charge in [-0.15, -0.1) is 0 Å². The zero-order valence-electron chi connectivity index (χ0n) is 72.0.